The van der Waals surface area contributed by atoms with Gasteiger partial charge in [0, 0.05) is 32.2 Å². The Morgan fingerprint density at radius 3 is 2.47 bits per heavy atom. The van der Waals surface area contributed by atoms with E-state index in [1.807, 2.05) is 0 Å². The average molecular weight is 211 g/mol. The highest BCUT2D eigenvalue weighted by Crippen LogP contribution is 2.09. The summed E-state index contributed by atoms with van der Waals surface area (Å²) in [6.45, 7) is 11.1. The number of likely N-dealkylation sites (tertiary alicyclic amines) is 1. The van der Waals surface area contributed by atoms with Gasteiger partial charge in [-0.1, -0.05) is 13.3 Å². The fourth-order valence-electron chi connectivity index (χ4n) is 2.58. The molecular formula is C12H25N3. The zero-order chi connectivity index (χ0) is 10.5. The maximum Gasteiger partial charge on any atom is 0.0345 e. The molecule has 0 saturated carbocycles. The van der Waals surface area contributed by atoms with E-state index in [4.69, 9.17) is 0 Å². The third-order valence-electron chi connectivity index (χ3n) is 3.83. The van der Waals surface area contributed by atoms with E-state index in [9.17, 15) is 0 Å². The lowest BCUT2D eigenvalue weighted by Gasteiger charge is -2.39. The van der Waals surface area contributed by atoms with Crippen LogP contribution in [0.2, 0.25) is 0 Å². The average Bonchev–Trinajstić information content (AvgIpc) is 2.23. The molecule has 88 valence electrons. The van der Waals surface area contributed by atoms with Gasteiger partial charge in [0.1, 0.15) is 0 Å². The topological polar surface area (TPSA) is 18.5 Å². The Hall–Kier alpha value is -0.120. The van der Waals surface area contributed by atoms with Crippen molar-refractivity contribution in [3.8, 4) is 0 Å². The molecule has 0 aliphatic carbocycles. The number of rotatable bonds is 5. The highest BCUT2D eigenvalue weighted by Gasteiger charge is 2.23. The molecule has 0 atom stereocenters. The minimum absolute atomic E-state index is 0.819. The van der Waals surface area contributed by atoms with Crippen molar-refractivity contribution in [1.82, 2.24) is 15.1 Å². The van der Waals surface area contributed by atoms with Crippen LogP contribution >= 0.6 is 0 Å². The quantitative estimate of drug-likeness (QED) is 0.724. The molecule has 15 heavy (non-hydrogen) atoms. The zero-order valence-corrected chi connectivity index (χ0v) is 10.0. The number of nitrogens with one attached hydrogen (secondary N) is 1. The summed E-state index contributed by atoms with van der Waals surface area (Å²) in [6, 6.07) is 0.819. The lowest BCUT2D eigenvalue weighted by molar-refractivity contribution is 0.123. The molecule has 2 saturated heterocycles. The van der Waals surface area contributed by atoms with Gasteiger partial charge in [-0.05, 0) is 32.5 Å². The van der Waals surface area contributed by atoms with Gasteiger partial charge in [-0.2, -0.15) is 0 Å². The molecule has 2 rings (SSSR count). The maximum atomic E-state index is 3.36. The lowest BCUT2D eigenvalue weighted by atomic mass is 10.1. The SMILES string of the molecule is CCN(CCN1CCCCC1)C1CNC1. The van der Waals surface area contributed by atoms with Gasteiger partial charge in [-0.3, -0.25) is 4.90 Å². The summed E-state index contributed by atoms with van der Waals surface area (Å²) >= 11 is 0. The molecule has 2 fully saturated rings. The van der Waals surface area contributed by atoms with Crippen LogP contribution in [0.5, 0.6) is 0 Å². The lowest BCUT2D eigenvalue weighted by Crippen LogP contribution is -2.58. The first-order chi connectivity index (χ1) is 7.40. The molecule has 2 aliphatic heterocycles. The standard InChI is InChI=1S/C12H25N3/c1-2-15(12-10-13-11-12)9-8-14-6-4-3-5-7-14/h12-13H,2-11H2,1H3. The summed E-state index contributed by atoms with van der Waals surface area (Å²) in [6.07, 6.45) is 4.27. The monoisotopic (exact) mass is 211 g/mol. The van der Waals surface area contributed by atoms with Gasteiger partial charge in [-0.15, -0.1) is 0 Å². The van der Waals surface area contributed by atoms with Crippen molar-refractivity contribution in [3.05, 3.63) is 0 Å². The van der Waals surface area contributed by atoms with Crippen LogP contribution in [0.3, 0.4) is 0 Å². The van der Waals surface area contributed by atoms with Gasteiger partial charge in [0.25, 0.3) is 0 Å². The van der Waals surface area contributed by atoms with Gasteiger partial charge < -0.3 is 10.2 Å². The Bertz CT molecular complexity index is 174. The molecule has 3 nitrogen and oxygen atoms in total. The Labute approximate surface area is 93.8 Å². The summed E-state index contributed by atoms with van der Waals surface area (Å²) < 4.78 is 0. The van der Waals surface area contributed by atoms with Gasteiger partial charge in [0.15, 0.2) is 0 Å². The van der Waals surface area contributed by atoms with Crippen LogP contribution in [0.1, 0.15) is 26.2 Å². The molecular weight excluding hydrogens is 186 g/mol. The number of likely N-dealkylation sites (N-methyl/N-ethyl adjacent to an activating group) is 1. The van der Waals surface area contributed by atoms with E-state index >= 15 is 0 Å². The highest BCUT2D eigenvalue weighted by atomic mass is 15.3. The van der Waals surface area contributed by atoms with E-state index in [-0.39, 0.29) is 0 Å². The minimum atomic E-state index is 0.819. The van der Waals surface area contributed by atoms with Crippen molar-refractivity contribution in [3.63, 3.8) is 0 Å². The van der Waals surface area contributed by atoms with Crippen LogP contribution in [0, 0.1) is 0 Å². The normalized spacial score (nSPS) is 24.4. The van der Waals surface area contributed by atoms with E-state index in [2.05, 4.69) is 22.0 Å². The minimum Gasteiger partial charge on any atom is -0.314 e. The van der Waals surface area contributed by atoms with E-state index in [1.165, 1.54) is 65.1 Å². The van der Waals surface area contributed by atoms with Crippen LogP contribution in [0.4, 0.5) is 0 Å². The van der Waals surface area contributed by atoms with Crippen molar-refractivity contribution in [2.45, 2.75) is 32.2 Å². The molecule has 0 unspecified atom stereocenters. The summed E-state index contributed by atoms with van der Waals surface area (Å²) in [4.78, 5) is 5.27. The highest BCUT2D eigenvalue weighted by molar-refractivity contribution is 4.84. The molecule has 0 radical (unpaired) electrons. The van der Waals surface area contributed by atoms with Crippen molar-refractivity contribution >= 4 is 0 Å². The van der Waals surface area contributed by atoms with Crippen molar-refractivity contribution < 1.29 is 0 Å². The van der Waals surface area contributed by atoms with Crippen molar-refractivity contribution in [2.24, 2.45) is 0 Å². The molecule has 0 aromatic heterocycles. The van der Waals surface area contributed by atoms with Gasteiger partial charge in [-0.25, -0.2) is 0 Å². The fourth-order valence-corrected chi connectivity index (χ4v) is 2.58. The maximum absolute atomic E-state index is 3.36. The molecule has 0 aromatic carbocycles. The molecule has 2 aliphatic rings. The largest absolute Gasteiger partial charge is 0.314 e. The summed E-state index contributed by atoms with van der Waals surface area (Å²) in [5, 5.41) is 3.36. The second-order valence-corrected chi connectivity index (χ2v) is 4.84. The Morgan fingerprint density at radius 2 is 1.93 bits per heavy atom. The smallest absolute Gasteiger partial charge is 0.0345 e. The number of hydrogen-bond donors (Lipinski definition) is 1. The summed E-state index contributed by atoms with van der Waals surface area (Å²) in [5.74, 6) is 0. The predicted molar refractivity (Wildman–Crippen MR) is 64.2 cm³/mol. The van der Waals surface area contributed by atoms with Gasteiger partial charge in [0.05, 0.1) is 0 Å². The predicted octanol–water partition coefficient (Wildman–Crippen LogP) is 0.766. The Kier molecular flexibility index (Phi) is 4.42. The summed E-state index contributed by atoms with van der Waals surface area (Å²) in [7, 11) is 0. The van der Waals surface area contributed by atoms with Crippen LogP contribution in [0.15, 0.2) is 0 Å². The zero-order valence-electron chi connectivity index (χ0n) is 10.0. The fraction of sp³-hybridized carbons (Fsp3) is 1.00. The Morgan fingerprint density at radius 1 is 1.20 bits per heavy atom. The number of hydrogen-bond acceptors (Lipinski definition) is 3. The van der Waals surface area contributed by atoms with Crippen molar-refractivity contribution in [1.29, 1.82) is 0 Å². The molecule has 3 heteroatoms. The number of nitrogens with zero attached hydrogens (tertiary/aromatic N) is 2. The van der Waals surface area contributed by atoms with E-state index < -0.39 is 0 Å². The van der Waals surface area contributed by atoms with Gasteiger partial charge in [0.2, 0.25) is 0 Å². The molecule has 2 heterocycles. The van der Waals surface area contributed by atoms with Crippen LogP contribution in [-0.4, -0.2) is 61.7 Å². The van der Waals surface area contributed by atoms with Gasteiger partial charge >= 0.3 is 0 Å². The third kappa shape index (κ3) is 3.16. The molecule has 1 N–H and O–H groups in total. The Balaban J connectivity index is 1.65. The summed E-state index contributed by atoms with van der Waals surface area (Å²) in [5.41, 5.74) is 0. The van der Waals surface area contributed by atoms with E-state index in [0.717, 1.165) is 6.04 Å². The van der Waals surface area contributed by atoms with Crippen LogP contribution in [-0.2, 0) is 0 Å². The second-order valence-electron chi connectivity index (χ2n) is 4.84. The molecule has 0 bridgehead atoms. The van der Waals surface area contributed by atoms with Crippen LogP contribution in [0.25, 0.3) is 0 Å². The third-order valence-corrected chi connectivity index (χ3v) is 3.83. The van der Waals surface area contributed by atoms with E-state index in [1.54, 1.807) is 0 Å². The first kappa shape index (κ1) is 11.4. The number of piperidine rings is 1. The van der Waals surface area contributed by atoms with Crippen molar-refractivity contribution in [2.75, 3.05) is 45.8 Å². The molecule has 0 aromatic rings. The molecule has 0 spiro atoms. The van der Waals surface area contributed by atoms with E-state index in [0.29, 0.717) is 0 Å². The first-order valence-corrected chi connectivity index (χ1v) is 6.57. The van der Waals surface area contributed by atoms with Crippen LogP contribution < -0.4 is 5.32 Å². The molecule has 0 amide bonds. The second kappa shape index (κ2) is 5.83. The first-order valence-electron chi connectivity index (χ1n) is 6.57.